The number of rotatable bonds is 3. The second-order valence-electron chi connectivity index (χ2n) is 2.08. The van der Waals surface area contributed by atoms with Gasteiger partial charge in [-0.05, 0) is 6.92 Å². The molecule has 0 aliphatic heterocycles. The van der Waals surface area contributed by atoms with E-state index < -0.39 is 11.9 Å². The molecule has 0 aromatic carbocycles. The molecule has 0 aromatic heterocycles. The number of carboxylic acids is 1. The molecule has 0 amide bonds. The molecule has 0 saturated carbocycles. The van der Waals surface area contributed by atoms with E-state index in [4.69, 9.17) is 5.11 Å². The van der Waals surface area contributed by atoms with Crippen LogP contribution in [0.15, 0.2) is 11.6 Å². The summed E-state index contributed by atoms with van der Waals surface area (Å²) in [5, 5.41) is 8.28. The first kappa shape index (κ1) is 9.68. The lowest BCUT2D eigenvalue weighted by atomic mass is 10.2. The summed E-state index contributed by atoms with van der Waals surface area (Å²) in [6, 6.07) is 0. The highest BCUT2D eigenvalue weighted by molar-refractivity contribution is 5.84. The van der Waals surface area contributed by atoms with Gasteiger partial charge in [0.25, 0.3) is 0 Å². The predicted molar refractivity (Wildman–Crippen MR) is 38.0 cm³/mol. The molecule has 0 fully saturated rings. The number of carbonyl (C=O) groups is 2. The summed E-state index contributed by atoms with van der Waals surface area (Å²) in [4.78, 5) is 20.6. The van der Waals surface area contributed by atoms with Crippen LogP contribution in [-0.4, -0.2) is 24.2 Å². The molecule has 0 heterocycles. The lowest BCUT2D eigenvalue weighted by Gasteiger charge is -1.94. The Kier molecular flexibility index (Phi) is 3.95. The maximum absolute atomic E-state index is 10.5. The second kappa shape index (κ2) is 4.49. The number of esters is 1. The minimum atomic E-state index is -0.956. The molecule has 4 heteroatoms. The molecule has 0 aliphatic carbocycles. The van der Waals surface area contributed by atoms with Crippen LogP contribution < -0.4 is 0 Å². The fourth-order valence-corrected chi connectivity index (χ4v) is 0.550. The van der Waals surface area contributed by atoms with E-state index in [0.717, 1.165) is 6.08 Å². The number of hydrogen-bond acceptors (Lipinski definition) is 3. The molecular weight excluding hydrogens is 148 g/mol. The molecule has 11 heavy (non-hydrogen) atoms. The van der Waals surface area contributed by atoms with Crippen molar-refractivity contribution in [2.24, 2.45) is 0 Å². The normalized spacial score (nSPS) is 10.9. The van der Waals surface area contributed by atoms with Crippen molar-refractivity contribution in [2.75, 3.05) is 7.11 Å². The average Bonchev–Trinajstić information content (AvgIpc) is 1.85. The summed E-state index contributed by atoms with van der Waals surface area (Å²) in [5.74, 6) is -1.48. The quantitative estimate of drug-likeness (QED) is 0.482. The lowest BCUT2D eigenvalue weighted by molar-refractivity contribution is -0.136. The minimum absolute atomic E-state index is 0.130. The van der Waals surface area contributed by atoms with E-state index in [2.05, 4.69) is 4.74 Å². The summed E-state index contributed by atoms with van der Waals surface area (Å²) in [6.07, 6.45) is 1.03. The van der Waals surface area contributed by atoms with Gasteiger partial charge in [-0.2, -0.15) is 0 Å². The first-order valence-corrected chi connectivity index (χ1v) is 3.03. The van der Waals surface area contributed by atoms with Gasteiger partial charge in [0.1, 0.15) is 0 Å². The molecule has 0 unspecified atom stereocenters. The van der Waals surface area contributed by atoms with Crippen LogP contribution in [0, 0.1) is 0 Å². The number of carbonyl (C=O) groups excluding carboxylic acids is 1. The number of carboxylic acid groups (broad SMARTS) is 1. The molecule has 0 saturated heterocycles. The highest BCUT2D eigenvalue weighted by Crippen LogP contribution is 1.99. The van der Waals surface area contributed by atoms with Crippen molar-refractivity contribution in [3.8, 4) is 0 Å². The Morgan fingerprint density at radius 1 is 1.55 bits per heavy atom. The summed E-state index contributed by atoms with van der Waals surface area (Å²) in [7, 11) is 1.24. The standard InChI is InChI=1S/C7H10O4/c1-5(3-6(8)9)4-7(10)11-2/h4H,3H2,1-2H3,(H,8,9). The van der Waals surface area contributed by atoms with Gasteiger partial charge in [0.2, 0.25) is 0 Å². The third kappa shape index (κ3) is 5.14. The smallest absolute Gasteiger partial charge is 0.330 e. The minimum Gasteiger partial charge on any atom is -0.481 e. The largest absolute Gasteiger partial charge is 0.481 e. The van der Waals surface area contributed by atoms with Crippen molar-refractivity contribution < 1.29 is 19.4 Å². The Bertz CT molecular complexity index is 193. The molecule has 62 valence electrons. The van der Waals surface area contributed by atoms with Crippen LogP contribution >= 0.6 is 0 Å². The van der Waals surface area contributed by atoms with Gasteiger partial charge in [0.05, 0.1) is 13.5 Å². The van der Waals surface area contributed by atoms with Gasteiger partial charge in [-0.3, -0.25) is 4.79 Å². The fourth-order valence-electron chi connectivity index (χ4n) is 0.550. The van der Waals surface area contributed by atoms with Crippen LogP contribution in [-0.2, 0) is 14.3 Å². The van der Waals surface area contributed by atoms with Crippen LogP contribution in [0.5, 0.6) is 0 Å². The molecule has 0 radical (unpaired) electrons. The van der Waals surface area contributed by atoms with Crippen molar-refractivity contribution in [3.63, 3.8) is 0 Å². The highest BCUT2D eigenvalue weighted by Gasteiger charge is 2.00. The van der Waals surface area contributed by atoms with Crippen LogP contribution in [0.4, 0.5) is 0 Å². The third-order valence-corrected chi connectivity index (χ3v) is 0.995. The summed E-state index contributed by atoms with van der Waals surface area (Å²) >= 11 is 0. The maximum Gasteiger partial charge on any atom is 0.330 e. The van der Waals surface area contributed by atoms with Gasteiger partial charge >= 0.3 is 11.9 Å². The molecule has 0 atom stereocenters. The first-order valence-electron chi connectivity index (χ1n) is 3.03. The number of aliphatic carboxylic acids is 1. The van der Waals surface area contributed by atoms with Crippen LogP contribution in [0.25, 0.3) is 0 Å². The molecular formula is C7H10O4. The Hall–Kier alpha value is -1.32. The summed E-state index contributed by atoms with van der Waals surface area (Å²) in [6.45, 7) is 1.56. The lowest BCUT2D eigenvalue weighted by Crippen LogP contribution is -1.99. The zero-order chi connectivity index (χ0) is 8.85. The van der Waals surface area contributed by atoms with Crippen molar-refractivity contribution in [1.82, 2.24) is 0 Å². The van der Waals surface area contributed by atoms with Gasteiger partial charge in [-0.15, -0.1) is 0 Å². The second-order valence-corrected chi connectivity index (χ2v) is 2.08. The average molecular weight is 158 g/mol. The van der Waals surface area contributed by atoms with E-state index >= 15 is 0 Å². The monoisotopic (exact) mass is 158 g/mol. The maximum atomic E-state index is 10.5. The van der Waals surface area contributed by atoms with E-state index in [1.54, 1.807) is 6.92 Å². The van der Waals surface area contributed by atoms with Crippen molar-refractivity contribution in [1.29, 1.82) is 0 Å². The van der Waals surface area contributed by atoms with Gasteiger partial charge in [-0.1, -0.05) is 5.57 Å². The van der Waals surface area contributed by atoms with E-state index in [9.17, 15) is 9.59 Å². The Balaban J connectivity index is 4.00. The van der Waals surface area contributed by atoms with E-state index in [0.29, 0.717) is 5.57 Å². The highest BCUT2D eigenvalue weighted by atomic mass is 16.5. The zero-order valence-corrected chi connectivity index (χ0v) is 6.46. The van der Waals surface area contributed by atoms with E-state index in [1.807, 2.05) is 0 Å². The fraction of sp³-hybridized carbons (Fsp3) is 0.429. The number of ether oxygens (including phenoxy) is 1. The van der Waals surface area contributed by atoms with Crippen molar-refractivity contribution in [3.05, 3.63) is 11.6 Å². The molecule has 0 bridgehead atoms. The molecule has 4 nitrogen and oxygen atoms in total. The van der Waals surface area contributed by atoms with E-state index in [-0.39, 0.29) is 6.42 Å². The van der Waals surface area contributed by atoms with Gasteiger partial charge in [0, 0.05) is 6.08 Å². The molecule has 0 rings (SSSR count). The SMILES string of the molecule is COC(=O)C=C(C)CC(=O)O. The van der Waals surface area contributed by atoms with Crippen LogP contribution in [0.3, 0.4) is 0 Å². The van der Waals surface area contributed by atoms with Crippen LogP contribution in [0.2, 0.25) is 0 Å². The molecule has 0 aliphatic rings. The Morgan fingerprint density at radius 3 is 2.45 bits per heavy atom. The third-order valence-electron chi connectivity index (χ3n) is 0.995. The summed E-state index contributed by atoms with van der Waals surface area (Å²) in [5.41, 5.74) is 0.476. The number of hydrogen-bond donors (Lipinski definition) is 1. The van der Waals surface area contributed by atoms with Crippen molar-refractivity contribution >= 4 is 11.9 Å². The molecule has 0 spiro atoms. The van der Waals surface area contributed by atoms with Crippen LogP contribution in [0.1, 0.15) is 13.3 Å². The van der Waals surface area contributed by atoms with Gasteiger partial charge in [-0.25, -0.2) is 4.79 Å². The Labute approximate surface area is 64.5 Å². The topological polar surface area (TPSA) is 63.6 Å². The van der Waals surface area contributed by atoms with Gasteiger partial charge < -0.3 is 9.84 Å². The van der Waals surface area contributed by atoms with Crippen molar-refractivity contribution in [2.45, 2.75) is 13.3 Å². The van der Waals surface area contributed by atoms with Gasteiger partial charge in [0.15, 0.2) is 0 Å². The Morgan fingerprint density at radius 2 is 2.09 bits per heavy atom. The predicted octanol–water partition coefficient (Wildman–Crippen LogP) is 0.580. The van der Waals surface area contributed by atoms with E-state index in [1.165, 1.54) is 7.11 Å². The molecule has 0 aromatic rings. The zero-order valence-electron chi connectivity index (χ0n) is 6.46. The number of methoxy groups -OCH3 is 1. The summed E-state index contributed by atoms with van der Waals surface area (Å²) < 4.78 is 4.29. The first-order chi connectivity index (χ1) is 5.06. The molecule has 1 N–H and O–H groups in total.